The van der Waals surface area contributed by atoms with Crippen molar-refractivity contribution in [1.82, 2.24) is 10.6 Å². The van der Waals surface area contributed by atoms with Crippen LogP contribution in [0, 0.1) is 0 Å². The topological polar surface area (TPSA) is 50.4 Å². The van der Waals surface area contributed by atoms with Crippen LogP contribution in [-0.2, 0) is 11.3 Å². The predicted molar refractivity (Wildman–Crippen MR) is 72.6 cm³/mol. The average molecular weight is 250 g/mol. The van der Waals surface area contributed by atoms with E-state index in [1.54, 1.807) is 0 Å². The third-order valence-electron chi connectivity index (χ3n) is 2.62. The molecule has 1 rings (SSSR count). The molecule has 1 aromatic rings. The number of carbonyl (C=O) groups excluding carboxylic acids is 1. The minimum atomic E-state index is -0.209. The molecule has 0 aliphatic rings. The fourth-order valence-corrected chi connectivity index (χ4v) is 1.63. The van der Waals surface area contributed by atoms with E-state index >= 15 is 0 Å². The first-order valence-corrected chi connectivity index (χ1v) is 6.40. The van der Waals surface area contributed by atoms with Crippen molar-refractivity contribution in [3.8, 4) is 5.75 Å². The van der Waals surface area contributed by atoms with Gasteiger partial charge in [0, 0.05) is 18.7 Å². The lowest BCUT2D eigenvalue weighted by Crippen LogP contribution is -2.41. The molecule has 2 N–H and O–H groups in total. The van der Waals surface area contributed by atoms with Crippen molar-refractivity contribution in [3.05, 3.63) is 29.8 Å². The van der Waals surface area contributed by atoms with E-state index in [0.717, 1.165) is 11.3 Å². The summed E-state index contributed by atoms with van der Waals surface area (Å²) in [5, 5.41) is 5.98. The Bertz CT molecular complexity index is 380. The number of likely N-dealkylation sites (N-methyl/N-ethyl adjacent to an activating group) is 1. The van der Waals surface area contributed by atoms with Gasteiger partial charge in [-0.2, -0.15) is 0 Å². The molecule has 18 heavy (non-hydrogen) atoms. The lowest BCUT2D eigenvalue weighted by atomic mass is 10.2. The Labute approximate surface area is 109 Å². The molecule has 1 atom stereocenters. The van der Waals surface area contributed by atoms with Crippen LogP contribution in [0.1, 0.15) is 26.3 Å². The van der Waals surface area contributed by atoms with Crippen molar-refractivity contribution in [1.29, 1.82) is 0 Å². The summed E-state index contributed by atoms with van der Waals surface area (Å²) in [4.78, 5) is 11.6. The SMILES string of the molecule is CCNC(=O)C(C)NCc1ccccc1OCC. The molecule has 0 spiro atoms. The van der Waals surface area contributed by atoms with Crippen molar-refractivity contribution in [2.45, 2.75) is 33.4 Å². The third-order valence-corrected chi connectivity index (χ3v) is 2.62. The van der Waals surface area contributed by atoms with E-state index in [9.17, 15) is 4.79 Å². The van der Waals surface area contributed by atoms with Crippen LogP contribution in [0.4, 0.5) is 0 Å². The van der Waals surface area contributed by atoms with E-state index in [4.69, 9.17) is 4.74 Å². The molecule has 0 saturated carbocycles. The first kappa shape index (κ1) is 14.5. The molecule has 0 saturated heterocycles. The molecule has 0 aliphatic heterocycles. The largest absolute Gasteiger partial charge is 0.494 e. The third kappa shape index (κ3) is 4.37. The van der Waals surface area contributed by atoms with Gasteiger partial charge >= 0.3 is 0 Å². The van der Waals surface area contributed by atoms with Crippen molar-refractivity contribution >= 4 is 5.91 Å². The molecule has 0 aliphatic carbocycles. The number of nitrogens with one attached hydrogen (secondary N) is 2. The minimum absolute atomic E-state index is 0.0198. The number of amides is 1. The first-order chi connectivity index (χ1) is 8.69. The molecule has 0 heterocycles. The second-order valence-corrected chi connectivity index (χ2v) is 4.04. The Morgan fingerprint density at radius 3 is 2.72 bits per heavy atom. The van der Waals surface area contributed by atoms with Crippen LogP contribution in [0.2, 0.25) is 0 Å². The molecule has 4 heteroatoms. The molecule has 0 aromatic heterocycles. The molecular formula is C14H22N2O2. The predicted octanol–water partition coefficient (Wildman–Crippen LogP) is 1.70. The number of benzene rings is 1. The van der Waals surface area contributed by atoms with E-state index < -0.39 is 0 Å². The Kier molecular flexibility index (Phi) is 6.22. The van der Waals surface area contributed by atoms with Crippen LogP contribution < -0.4 is 15.4 Å². The van der Waals surface area contributed by atoms with E-state index in [0.29, 0.717) is 19.7 Å². The highest BCUT2D eigenvalue weighted by molar-refractivity contribution is 5.81. The highest BCUT2D eigenvalue weighted by Gasteiger charge is 2.11. The summed E-state index contributed by atoms with van der Waals surface area (Å²) >= 11 is 0. The molecular weight excluding hydrogens is 228 g/mol. The second kappa shape index (κ2) is 7.71. The molecule has 4 nitrogen and oxygen atoms in total. The van der Waals surface area contributed by atoms with Gasteiger partial charge in [0.15, 0.2) is 0 Å². The van der Waals surface area contributed by atoms with Gasteiger partial charge in [-0.3, -0.25) is 4.79 Å². The summed E-state index contributed by atoms with van der Waals surface area (Å²) in [6, 6.07) is 7.65. The summed E-state index contributed by atoms with van der Waals surface area (Å²) in [5.74, 6) is 0.891. The smallest absolute Gasteiger partial charge is 0.236 e. The Morgan fingerprint density at radius 1 is 1.33 bits per heavy atom. The second-order valence-electron chi connectivity index (χ2n) is 4.04. The van der Waals surface area contributed by atoms with Gasteiger partial charge in [0.2, 0.25) is 5.91 Å². The summed E-state index contributed by atoms with van der Waals surface area (Å²) in [6.45, 7) is 7.64. The summed E-state index contributed by atoms with van der Waals surface area (Å²) in [7, 11) is 0. The molecule has 1 amide bonds. The maximum absolute atomic E-state index is 11.6. The number of para-hydroxylation sites is 1. The molecule has 0 fully saturated rings. The number of hydrogen-bond donors (Lipinski definition) is 2. The van der Waals surface area contributed by atoms with Crippen LogP contribution in [0.15, 0.2) is 24.3 Å². The van der Waals surface area contributed by atoms with Crippen LogP contribution in [0.3, 0.4) is 0 Å². The average Bonchev–Trinajstić information content (AvgIpc) is 2.38. The van der Waals surface area contributed by atoms with Crippen LogP contribution >= 0.6 is 0 Å². The molecule has 0 bridgehead atoms. The van der Waals surface area contributed by atoms with E-state index in [1.807, 2.05) is 45.0 Å². The highest BCUT2D eigenvalue weighted by Crippen LogP contribution is 2.17. The summed E-state index contributed by atoms with van der Waals surface area (Å²) < 4.78 is 5.54. The van der Waals surface area contributed by atoms with Gasteiger partial charge in [0.05, 0.1) is 12.6 Å². The van der Waals surface area contributed by atoms with E-state index in [2.05, 4.69) is 10.6 Å². The van der Waals surface area contributed by atoms with Gasteiger partial charge in [0.1, 0.15) is 5.75 Å². The Balaban J connectivity index is 2.54. The zero-order valence-electron chi connectivity index (χ0n) is 11.3. The van der Waals surface area contributed by atoms with Gasteiger partial charge in [-0.1, -0.05) is 18.2 Å². The lowest BCUT2D eigenvalue weighted by Gasteiger charge is -2.15. The summed E-state index contributed by atoms with van der Waals surface area (Å²) in [6.07, 6.45) is 0. The monoisotopic (exact) mass is 250 g/mol. The molecule has 1 unspecified atom stereocenters. The van der Waals surface area contributed by atoms with Gasteiger partial charge in [-0.15, -0.1) is 0 Å². The Morgan fingerprint density at radius 2 is 2.06 bits per heavy atom. The highest BCUT2D eigenvalue weighted by atomic mass is 16.5. The minimum Gasteiger partial charge on any atom is -0.494 e. The Hall–Kier alpha value is -1.55. The van der Waals surface area contributed by atoms with Gasteiger partial charge in [-0.25, -0.2) is 0 Å². The van der Waals surface area contributed by atoms with E-state index in [-0.39, 0.29) is 11.9 Å². The van der Waals surface area contributed by atoms with Gasteiger partial charge in [-0.05, 0) is 26.8 Å². The van der Waals surface area contributed by atoms with Crippen molar-refractivity contribution in [3.63, 3.8) is 0 Å². The number of rotatable bonds is 7. The van der Waals surface area contributed by atoms with Crippen LogP contribution in [0.25, 0.3) is 0 Å². The van der Waals surface area contributed by atoms with Crippen LogP contribution in [0.5, 0.6) is 5.75 Å². The molecule has 100 valence electrons. The molecule has 0 radical (unpaired) electrons. The van der Waals surface area contributed by atoms with Crippen molar-refractivity contribution in [2.24, 2.45) is 0 Å². The van der Waals surface area contributed by atoms with Crippen molar-refractivity contribution < 1.29 is 9.53 Å². The fraction of sp³-hybridized carbons (Fsp3) is 0.500. The van der Waals surface area contributed by atoms with Gasteiger partial charge < -0.3 is 15.4 Å². The number of carbonyl (C=O) groups is 1. The zero-order chi connectivity index (χ0) is 13.4. The van der Waals surface area contributed by atoms with Crippen molar-refractivity contribution in [2.75, 3.05) is 13.2 Å². The van der Waals surface area contributed by atoms with Crippen LogP contribution in [-0.4, -0.2) is 25.1 Å². The lowest BCUT2D eigenvalue weighted by molar-refractivity contribution is -0.122. The van der Waals surface area contributed by atoms with Gasteiger partial charge in [0.25, 0.3) is 0 Å². The molecule has 1 aromatic carbocycles. The first-order valence-electron chi connectivity index (χ1n) is 6.40. The fourth-order valence-electron chi connectivity index (χ4n) is 1.63. The standard InChI is InChI=1S/C14H22N2O2/c1-4-15-14(17)11(3)16-10-12-8-6-7-9-13(12)18-5-2/h6-9,11,16H,4-5,10H2,1-3H3,(H,15,17). The zero-order valence-corrected chi connectivity index (χ0v) is 11.3. The number of ether oxygens (including phenoxy) is 1. The number of hydrogen-bond acceptors (Lipinski definition) is 3. The maximum Gasteiger partial charge on any atom is 0.236 e. The summed E-state index contributed by atoms with van der Waals surface area (Å²) in [5.41, 5.74) is 1.07. The quantitative estimate of drug-likeness (QED) is 0.774. The van der Waals surface area contributed by atoms with E-state index in [1.165, 1.54) is 0 Å². The maximum atomic E-state index is 11.6. The normalized spacial score (nSPS) is 11.9.